The van der Waals surface area contributed by atoms with Gasteiger partial charge in [0.05, 0.1) is 0 Å². The Bertz CT molecular complexity index is 314. The molecule has 1 rings (SSSR count). The molecule has 0 aliphatic rings. The molecule has 0 saturated carbocycles. The molecule has 0 aliphatic carbocycles. The minimum atomic E-state index is 0.630. The van der Waals surface area contributed by atoms with Crippen molar-refractivity contribution >= 4 is 34.8 Å². The van der Waals surface area contributed by atoms with Crippen molar-refractivity contribution in [3.63, 3.8) is 0 Å². The number of anilines is 1. The molecule has 0 aromatic heterocycles. The van der Waals surface area contributed by atoms with E-state index < -0.39 is 0 Å². The molecular formula is C12H18N2S2. The number of nitrogens with one attached hydrogen (secondary N) is 2. The molecule has 4 heteroatoms. The first-order valence-electron chi connectivity index (χ1n) is 5.31. The summed E-state index contributed by atoms with van der Waals surface area (Å²) in [6, 6.07) is 9.96. The van der Waals surface area contributed by atoms with Crippen molar-refractivity contribution in [3.8, 4) is 0 Å². The number of hydrogen-bond donors (Lipinski definition) is 2. The first-order valence-corrected chi connectivity index (χ1v) is 7.11. The van der Waals surface area contributed by atoms with Crippen LogP contribution in [-0.4, -0.2) is 23.7 Å². The van der Waals surface area contributed by atoms with Crippen molar-refractivity contribution < 1.29 is 0 Å². The smallest absolute Gasteiger partial charge is 0.170 e. The van der Waals surface area contributed by atoms with Gasteiger partial charge in [0.2, 0.25) is 0 Å². The van der Waals surface area contributed by atoms with E-state index in [1.165, 1.54) is 0 Å². The molecule has 0 fully saturated rings. The molecule has 0 saturated heterocycles. The van der Waals surface area contributed by atoms with E-state index in [1.807, 2.05) is 42.1 Å². The molecule has 0 heterocycles. The van der Waals surface area contributed by atoms with E-state index in [1.54, 1.807) is 0 Å². The highest BCUT2D eigenvalue weighted by Crippen LogP contribution is 2.05. The van der Waals surface area contributed by atoms with Gasteiger partial charge in [-0.1, -0.05) is 25.1 Å². The third-order valence-electron chi connectivity index (χ3n) is 2.09. The number of benzene rings is 1. The molecule has 0 radical (unpaired) electrons. The monoisotopic (exact) mass is 254 g/mol. The van der Waals surface area contributed by atoms with Crippen LogP contribution in [0.5, 0.6) is 0 Å². The lowest BCUT2D eigenvalue weighted by molar-refractivity contribution is 0.637. The zero-order valence-corrected chi connectivity index (χ0v) is 11.3. The second-order valence-corrected chi connectivity index (χ2v) is 5.08. The van der Waals surface area contributed by atoms with Crippen LogP contribution in [0.2, 0.25) is 0 Å². The van der Waals surface area contributed by atoms with Gasteiger partial charge in [0.1, 0.15) is 0 Å². The van der Waals surface area contributed by atoms with Gasteiger partial charge >= 0.3 is 0 Å². The summed E-state index contributed by atoms with van der Waals surface area (Å²) >= 11 is 7.07. The summed E-state index contributed by atoms with van der Waals surface area (Å²) < 4.78 is 0. The van der Waals surface area contributed by atoms with Gasteiger partial charge in [-0.2, -0.15) is 11.8 Å². The van der Waals surface area contributed by atoms with Crippen LogP contribution < -0.4 is 10.6 Å². The van der Waals surface area contributed by atoms with Gasteiger partial charge in [-0.25, -0.2) is 0 Å². The van der Waals surface area contributed by atoms with Crippen LogP contribution in [0, 0.1) is 5.92 Å². The molecule has 0 bridgehead atoms. The molecule has 1 aromatic carbocycles. The van der Waals surface area contributed by atoms with Gasteiger partial charge in [0.25, 0.3) is 0 Å². The SMILES string of the molecule is CSCC(C)CNC(=S)Nc1ccccc1. The number of para-hydroxylation sites is 1. The molecule has 0 amide bonds. The van der Waals surface area contributed by atoms with E-state index in [0.717, 1.165) is 18.0 Å². The molecule has 0 aliphatic heterocycles. The van der Waals surface area contributed by atoms with Crippen LogP contribution in [-0.2, 0) is 0 Å². The minimum Gasteiger partial charge on any atom is -0.362 e. The Hall–Kier alpha value is -0.740. The van der Waals surface area contributed by atoms with Gasteiger partial charge in [-0.15, -0.1) is 0 Å². The van der Waals surface area contributed by atoms with E-state index in [9.17, 15) is 0 Å². The lowest BCUT2D eigenvalue weighted by atomic mass is 10.2. The maximum atomic E-state index is 5.21. The summed E-state index contributed by atoms with van der Waals surface area (Å²) in [6.45, 7) is 3.13. The zero-order valence-electron chi connectivity index (χ0n) is 9.69. The van der Waals surface area contributed by atoms with Crippen LogP contribution in [0.25, 0.3) is 0 Å². The number of rotatable bonds is 5. The van der Waals surface area contributed by atoms with E-state index >= 15 is 0 Å². The molecule has 0 spiro atoms. The Morgan fingerprint density at radius 1 is 1.38 bits per heavy atom. The van der Waals surface area contributed by atoms with Gasteiger partial charge in [-0.05, 0) is 42.3 Å². The Labute approximate surface area is 107 Å². The summed E-state index contributed by atoms with van der Waals surface area (Å²) in [4.78, 5) is 0. The summed E-state index contributed by atoms with van der Waals surface area (Å²) in [5.74, 6) is 1.78. The van der Waals surface area contributed by atoms with Gasteiger partial charge in [-0.3, -0.25) is 0 Å². The lowest BCUT2D eigenvalue weighted by Gasteiger charge is -2.14. The van der Waals surface area contributed by atoms with Gasteiger partial charge in [0.15, 0.2) is 5.11 Å². The fourth-order valence-electron chi connectivity index (χ4n) is 1.31. The molecule has 1 aromatic rings. The fourth-order valence-corrected chi connectivity index (χ4v) is 2.20. The maximum absolute atomic E-state index is 5.21. The van der Waals surface area contributed by atoms with Crippen molar-refractivity contribution in [1.82, 2.24) is 5.32 Å². The number of thioether (sulfide) groups is 1. The first-order chi connectivity index (χ1) is 7.72. The Kier molecular flexibility index (Phi) is 6.26. The highest BCUT2D eigenvalue weighted by atomic mass is 32.2. The Balaban J connectivity index is 2.26. The van der Waals surface area contributed by atoms with Gasteiger partial charge < -0.3 is 10.6 Å². The van der Waals surface area contributed by atoms with E-state index in [2.05, 4.69) is 23.8 Å². The predicted octanol–water partition coefficient (Wildman–Crippen LogP) is 2.97. The average Bonchev–Trinajstić information content (AvgIpc) is 2.28. The van der Waals surface area contributed by atoms with Crippen molar-refractivity contribution in [2.45, 2.75) is 6.92 Å². The summed E-state index contributed by atoms with van der Waals surface area (Å²) in [5.41, 5.74) is 1.03. The lowest BCUT2D eigenvalue weighted by Crippen LogP contribution is -2.32. The van der Waals surface area contributed by atoms with E-state index in [-0.39, 0.29) is 0 Å². The minimum absolute atomic E-state index is 0.630. The van der Waals surface area contributed by atoms with Crippen molar-refractivity contribution in [1.29, 1.82) is 0 Å². The van der Waals surface area contributed by atoms with Crippen LogP contribution in [0.4, 0.5) is 5.69 Å². The largest absolute Gasteiger partial charge is 0.362 e. The summed E-state index contributed by atoms with van der Waals surface area (Å²) in [7, 11) is 0. The molecule has 1 atom stereocenters. The van der Waals surface area contributed by atoms with E-state index in [0.29, 0.717) is 11.0 Å². The third kappa shape index (κ3) is 5.37. The van der Waals surface area contributed by atoms with E-state index in [4.69, 9.17) is 12.2 Å². The predicted molar refractivity (Wildman–Crippen MR) is 78.2 cm³/mol. The normalized spacial score (nSPS) is 11.9. The van der Waals surface area contributed by atoms with Crippen LogP contribution in [0.1, 0.15) is 6.92 Å². The molecule has 16 heavy (non-hydrogen) atoms. The second-order valence-electron chi connectivity index (χ2n) is 3.76. The topological polar surface area (TPSA) is 24.1 Å². The zero-order chi connectivity index (χ0) is 11.8. The quantitative estimate of drug-likeness (QED) is 0.789. The average molecular weight is 254 g/mol. The second kappa shape index (κ2) is 7.52. The van der Waals surface area contributed by atoms with Crippen molar-refractivity contribution in [2.24, 2.45) is 5.92 Å². The Morgan fingerprint density at radius 2 is 2.06 bits per heavy atom. The number of hydrogen-bond acceptors (Lipinski definition) is 2. The van der Waals surface area contributed by atoms with Crippen molar-refractivity contribution in [2.75, 3.05) is 23.9 Å². The maximum Gasteiger partial charge on any atom is 0.170 e. The van der Waals surface area contributed by atoms with Crippen LogP contribution in [0.3, 0.4) is 0 Å². The molecular weight excluding hydrogens is 236 g/mol. The summed E-state index contributed by atoms with van der Waals surface area (Å²) in [6.07, 6.45) is 2.12. The van der Waals surface area contributed by atoms with Crippen molar-refractivity contribution in [3.05, 3.63) is 30.3 Å². The van der Waals surface area contributed by atoms with Crippen LogP contribution in [0.15, 0.2) is 30.3 Å². The molecule has 88 valence electrons. The summed E-state index contributed by atoms with van der Waals surface area (Å²) in [5, 5.41) is 7.07. The number of thiocarbonyl (C=S) groups is 1. The molecule has 1 unspecified atom stereocenters. The standard InChI is InChI=1S/C12H18N2S2/c1-10(9-16-2)8-13-12(15)14-11-6-4-3-5-7-11/h3-7,10H,8-9H2,1-2H3,(H2,13,14,15). The van der Waals surface area contributed by atoms with Gasteiger partial charge in [0, 0.05) is 12.2 Å². The van der Waals surface area contributed by atoms with Crippen LogP contribution >= 0.6 is 24.0 Å². The highest BCUT2D eigenvalue weighted by Gasteiger charge is 2.02. The first kappa shape index (κ1) is 13.3. The molecule has 2 N–H and O–H groups in total. The fraction of sp³-hybridized carbons (Fsp3) is 0.417. The molecule has 2 nitrogen and oxygen atoms in total. The highest BCUT2D eigenvalue weighted by molar-refractivity contribution is 7.98. The third-order valence-corrected chi connectivity index (χ3v) is 3.24. The Morgan fingerprint density at radius 3 is 2.69 bits per heavy atom.